The molecule has 0 heterocycles. The SMILES string of the molecule is O=C=NN(CCNC(=S)S)C(=S)S. The van der Waals surface area contributed by atoms with E-state index < -0.39 is 0 Å². The van der Waals surface area contributed by atoms with Gasteiger partial charge in [-0.2, -0.15) is 0 Å². The second kappa shape index (κ2) is 7.28. The molecule has 0 atom stereocenters. The van der Waals surface area contributed by atoms with E-state index in [1.54, 1.807) is 0 Å². The number of isocyanates is 1. The van der Waals surface area contributed by atoms with E-state index in [1.807, 2.05) is 0 Å². The van der Waals surface area contributed by atoms with Gasteiger partial charge in [0, 0.05) is 6.54 Å². The highest BCUT2D eigenvalue weighted by Gasteiger charge is 2.03. The quantitative estimate of drug-likeness (QED) is 0.225. The number of hydrazone groups is 1. The lowest BCUT2D eigenvalue weighted by Crippen LogP contribution is -2.31. The van der Waals surface area contributed by atoms with Crippen molar-refractivity contribution in [2.75, 3.05) is 13.1 Å². The molecule has 0 aromatic heterocycles. The van der Waals surface area contributed by atoms with Crippen molar-refractivity contribution in [2.24, 2.45) is 5.10 Å². The maximum absolute atomic E-state index is 9.93. The van der Waals surface area contributed by atoms with Gasteiger partial charge >= 0.3 is 0 Å². The predicted octanol–water partition coefficient (Wildman–Crippen LogP) is 0.558. The zero-order valence-electron chi connectivity index (χ0n) is 6.43. The molecule has 0 unspecified atom stereocenters. The lowest BCUT2D eigenvalue weighted by atomic mass is 10.6. The van der Waals surface area contributed by atoms with Gasteiger partial charge in [-0.1, -0.05) is 29.5 Å². The number of nitrogens with zero attached hydrogens (tertiary/aromatic N) is 2. The van der Waals surface area contributed by atoms with Crippen LogP contribution in [0.3, 0.4) is 0 Å². The molecule has 1 N–H and O–H groups in total. The standard InChI is InChI=1S/C5H7N3OS4/c9-3-7-8(5(12)13)2-1-6-4(10)11/h1-2H2,(H,12,13)(H2,6,10,11). The molecule has 0 fully saturated rings. The molecule has 4 nitrogen and oxygen atoms in total. The van der Waals surface area contributed by atoms with Gasteiger partial charge in [0.25, 0.3) is 6.08 Å². The summed E-state index contributed by atoms with van der Waals surface area (Å²) in [6.07, 6.45) is 1.37. The molecular weight excluding hydrogens is 246 g/mol. The van der Waals surface area contributed by atoms with Gasteiger partial charge in [-0.3, -0.25) is 0 Å². The minimum absolute atomic E-state index is 0.204. The summed E-state index contributed by atoms with van der Waals surface area (Å²) in [5.41, 5.74) is 0. The summed E-state index contributed by atoms with van der Waals surface area (Å²) in [4.78, 5) is 9.93. The smallest absolute Gasteiger partial charge is 0.258 e. The van der Waals surface area contributed by atoms with Crippen molar-refractivity contribution in [3.8, 4) is 0 Å². The molecule has 0 aromatic carbocycles. The van der Waals surface area contributed by atoms with Crippen LogP contribution in [0.4, 0.5) is 0 Å². The molecule has 0 amide bonds. The van der Waals surface area contributed by atoms with Crippen molar-refractivity contribution < 1.29 is 4.79 Å². The molecule has 0 spiro atoms. The third kappa shape index (κ3) is 6.97. The fourth-order valence-electron chi connectivity index (χ4n) is 0.506. The monoisotopic (exact) mass is 253 g/mol. The van der Waals surface area contributed by atoms with E-state index in [4.69, 9.17) is 12.2 Å². The van der Waals surface area contributed by atoms with Gasteiger partial charge in [-0.25, -0.2) is 9.80 Å². The van der Waals surface area contributed by atoms with E-state index in [1.165, 1.54) is 11.1 Å². The highest BCUT2D eigenvalue weighted by Crippen LogP contribution is 1.95. The Hall–Kier alpha value is -0.140. The van der Waals surface area contributed by atoms with E-state index >= 15 is 0 Å². The van der Waals surface area contributed by atoms with E-state index in [2.05, 4.69) is 47.9 Å². The molecule has 0 bridgehead atoms. The molecule has 0 rings (SSSR count). The minimum Gasteiger partial charge on any atom is -0.369 e. The number of nitrogens with one attached hydrogen (secondary N) is 1. The number of carbonyl (C=O) groups excluding carboxylic acids is 1. The third-order valence-electron chi connectivity index (χ3n) is 0.982. The Morgan fingerprint density at radius 3 is 2.54 bits per heavy atom. The second-order valence-electron chi connectivity index (χ2n) is 1.83. The van der Waals surface area contributed by atoms with Crippen molar-refractivity contribution >= 4 is 64.4 Å². The van der Waals surface area contributed by atoms with Gasteiger partial charge in [-0.15, -0.1) is 25.3 Å². The van der Waals surface area contributed by atoms with Crippen LogP contribution in [0, 0.1) is 0 Å². The van der Waals surface area contributed by atoms with Gasteiger partial charge in [0.15, 0.2) is 4.32 Å². The summed E-state index contributed by atoms with van der Waals surface area (Å²) < 4.78 is 0.579. The Labute approximate surface area is 97.6 Å². The van der Waals surface area contributed by atoms with Gasteiger partial charge in [0.2, 0.25) is 0 Å². The largest absolute Gasteiger partial charge is 0.369 e. The molecule has 0 saturated carbocycles. The average molecular weight is 253 g/mol. The van der Waals surface area contributed by atoms with Gasteiger partial charge in [0.1, 0.15) is 4.32 Å². The van der Waals surface area contributed by atoms with E-state index in [-0.39, 0.29) is 4.32 Å². The van der Waals surface area contributed by atoms with E-state index in [0.29, 0.717) is 17.4 Å². The zero-order valence-corrected chi connectivity index (χ0v) is 9.85. The van der Waals surface area contributed by atoms with Crippen molar-refractivity contribution in [1.29, 1.82) is 0 Å². The zero-order chi connectivity index (χ0) is 10.3. The maximum atomic E-state index is 9.93. The average Bonchev–Trinajstić information content (AvgIpc) is 2.02. The summed E-state index contributed by atoms with van der Waals surface area (Å²) in [5, 5.41) is 7.31. The van der Waals surface area contributed by atoms with Crippen LogP contribution >= 0.6 is 49.7 Å². The number of hydrogen-bond donors (Lipinski definition) is 3. The van der Waals surface area contributed by atoms with Gasteiger partial charge in [0.05, 0.1) is 6.54 Å². The first-order chi connectivity index (χ1) is 6.07. The summed E-state index contributed by atoms with van der Waals surface area (Å²) >= 11 is 17.1. The van der Waals surface area contributed by atoms with Crippen LogP contribution in [0.2, 0.25) is 0 Å². The van der Waals surface area contributed by atoms with Crippen LogP contribution in [-0.4, -0.2) is 32.8 Å². The number of hydrogen-bond acceptors (Lipinski definition) is 4. The first kappa shape index (κ1) is 12.9. The van der Waals surface area contributed by atoms with Crippen LogP contribution in [0.1, 0.15) is 0 Å². The first-order valence-electron chi connectivity index (χ1n) is 3.13. The fraction of sp³-hybridized carbons (Fsp3) is 0.400. The molecule has 0 radical (unpaired) electrons. The summed E-state index contributed by atoms with van der Waals surface area (Å²) in [7, 11) is 0. The Bertz CT molecular complexity index is 248. The molecular formula is C5H7N3OS4. The number of rotatable bonds is 4. The van der Waals surface area contributed by atoms with Crippen LogP contribution < -0.4 is 5.32 Å². The molecule has 72 valence electrons. The van der Waals surface area contributed by atoms with Crippen molar-refractivity contribution in [1.82, 2.24) is 10.3 Å². The highest BCUT2D eigenvalue weighted by molar-refractivity contribution is 8.11. The molecule has 0 aliphatic rings. The summed E-state index contributed by atoms with van der Waals surface area (Å²) in [6.45, 7) is 0.868. The van der Waals surface area contributed by atoms with Gasteiger partial charge in [-0.05, 0) is 0 Å². The van der Waals surface area contributed by atoms with Crippen LogP contribution in [0.25, 0.3) is 0 Å². The molecule has 0 aliphatic heterocycles. The van der Waals surface area contributed by atoms with Crippen LogP contribution in [0.15, 0.2) is 5.10 Å². The Balaban J connectivity index is 3.90. The number of thiocarbonyl (C=S) groups is 2. The van der Waals surface area contributed by atoms with Crippen molar-refractivity contribution in [3.63, 3.8) is 0 Å². The molecule has 8 heteroatoms. The van der Waals surface area contributed by atoms with E-state index in [0.717, 1.165) is 0 Å². The lowest BCUT2D eigenvalue weighted by molar-refractivity contribution is 0.452. The highest BCUT2D eigenvalue weighted by atomic mass is 32.1. The Morgan fingerprint density at radius 1 is 1.54 bits per heavy atom. The Kier molecular flexibility index (Phi) is 7.20. The predicted molar refractivity (Wildman–Crippen MR) is 66.0 cm³/mol. The summed E-state index contributed by atoms with van der Waals surface area (Å²) in [6, 6.07) is 0. The minimum atomic E-state index is 0.204. The topological polar surface area (TPSA) is 44.7 Å². The summed E-state index contributed by atoms with van der Waals surface area (Å²) in [5.74, 6) is 0. The van der Waals surface area contributed by atoms with Crippen LogP contribution in [-0.2, 0) is 4.79 Å². The van der Waals surface area contributed by atoms with E-state index in [9.17, 15) is 4.79 Å². The number of thiol groups is 2. The van der Waals surface area contributed by atoms with Crippen molar-refractivity contribution in [3.05, 3.63) is 0 Å². The molecule has 0 aliphatic carbocycles. The second-order valence-corrected chi connectivity index (χ2v) is 4.10. The third-order valence-corrected chi connectivity index (χ3v) is 1.73. The normalized spacial score (nSPS) is 8.46. The lowest BCUT2D eigenvalue weighted by Gasteiger charge is -2.14. The molecule has 0 saturated heterocycles. The fourth-order valence-corrected chi connectivity index (χ4v) is 0.997. The van der Waals surface area contributed by atoms with Crippen molar-refractivity contribution in [2.45, 2.75) is 0 Å². The van der Waals surface area contributed by atoms with Crippen LogP contribution in [0.5, 0.6) is 0 Å². The molecule has 0 aromatic rings. The van der Waals surface area contributed by atoms with Gasteiger partial charge < -0.3 is 5.32 Å². The maximum Gasteiger partial charge on any atom is 0.258 e. The first-order valence-corrected chi connectivity index (χ1v) is 4.84. The molecule has 13 heavy (non-hydrogen) atoms. The Morgan fingerprint density at radius 2 is 2.15 bits per heavy atom.